The van der Waals surface area contributed by atoms with E-state index in [9.17, 15) is 4.79 Å². The van der Waals surface area contributed by atoms with Crippen molar-refractivity contribution in [2.45, 2.75) is 12.5 Å². The maximum atomic E-state index is 12.5. The van der Waals surface area contributed by atoms with Crippen molar-refractivity contribution in [3.63, 3.8) is 0 Å². The van der Waals surface area contributed by atoms with Crippen molar-refractivity contribution >= 4 is 23.3 Å². The zero-order valence-electron chi connectivity index (χ0n) is 12.8. The van der Waals surface area contributed by atoms with Gasteiger partial charge >= 0.3 is 0 Å². The molecule has 1 fully saturated rings. The van der Waals surface area contributed by atoms with Gasteiger partial charge in [0.05, 0.1) is 11.3 Å². The first-order chi connectivity index (χ1) is 11.2. The maximum absolute atomic E-state index is 12.5. The number of pyridine rings is 1. The summed E-state index contributed by atoms with van der Waals surface area (Å²) in [5.41, 5.74) is 2.32. The summed E-state index contributed by atoms with van der Waals surface area (Å²) in [6.45, 7) is 0. The van der Waals surface area contributed by atoms with E-state index in [1.54, 1.807) is 6.07 Å². The minimum atomic E-state index is -0.0362. The number of carbonyl (C=O) groups is 1. The number of rotatable bonds is 3. The molecule has 1 unspecified atom stereocenters. The van der Waals surface area contributed by atoms with Crippen molar-refractivity contribution in [1.29, 1.82) is 0 Å². The molecule has 0 aromatic carbocycles. The summed E-state index contributed by atoms with van der Waals surface area (Å²) in [5, 5.41) is 11.5. The molecule has 0 spiro atoms. The Bertz CT molecular complexity index is 862. The van der Waals surface area contributed by atoms with Crippen LogP contribution in [0.15, 0.2) is 36.7 Å². The molecule has 0 aliphatic carbocycles. The minimum Gasteiger partial charge on any atom is -0.348 e. The monoisotopic (exact) mass is 327 g/mol. The average molecular weight is 327 g/mol. The number of thioether (sulfide) groups is 1. The van der Waals surface area contributed by atoms with Crippen LogP contribution in [0.4, 0.5) is 0 Å². The summed E-state index contributed by atoms with van der Waals surface area (Å²) in [6, 6.07) is 7.86. The molecule has 6 nitrogen and oxygen atoms in total. The third-order valence-electron chi connectivity index (χ3n) is 4.10. The van der Waals surface area contributed by atoms with Crippen molar-refractivity contribution in [2.75, 3.05) is 11.5 Å². The molecule has 1 saturated heterocycles. The number of hydrogen-bond donors (Lipinski definition) is 1. The minimum absolute atomic E-state index is 0.0362. The Morgan fingerprint density at radius 2 is 2.26 bits per heavy atom. The van der Waals surface area contributed by atoms with Gasteiger partial charge in [-0.2, -0.15) is 11.8 Å². The van der Waals surface area contributed by atoms with Crippen molar-refractivity contribution in [2.24, 2.45) is 7.05 Å². The number of hydrogen-bond acceptors (Lipinski definition) is 4. The van der Waals surface area contributed by atoms with Crippen LogP contribution in [-0.2, 0) is 7.05 Å². The molecule has 1 amide bonds. The van der Waals surface area contributed by atoms with Crippen LogP contribution in [0.2, 0.25) is 0 Å². The zero-order chi connectivity index (χ0) is 15.8. The highest BCUT2D eigenvalue weighted by Crippen LogP contribution is 2.20. The number of carbonyl (C=O) groups excluding carboxylic acids is 1. The number of aromatic nitrogens is 4. The molecule has 0 bridgehead atoms. The first-order valence-electron chi connectivity index (χ1n) is 7.57. The van der Waals surface area contributed by atoms with Crippen LogP contribution in [0.1, 0.15) is 16.8 Å². The van der Waals surface area contributed by atoms with E-state index in [1.165, 1.54) is 0 Å². The lowest BCUT2D eigenvalue weighted by Gasteiger charge is -2.11. The third kappa shape index (κ3) is 2.61. The molecule has 1 aliphatic heterocycles. The Labute approximate surface area is 137 Å². The second-order valence-electron chi connectivity index (χ2n) is 5.71. The number of nitrogens with zero attached hydrogens (tertiary/aromatic N) is 4. The second-order valence-corrected chi connectivity index (χ2v) is 6.86. The summed E-state index contributed by atoms with van der Waals surface area (Å²) < 4.78 is 3.85. The fourth-order valence-electron chi connectivity index (χ4n) is 2.81. The normalized spacial score (nSPS) is 17.7. The Hall–Kier alpha value is -2.28. The summed E-state index contributed by atoms with van der Waals surface area (Å²) in [7, 11) is 1.96. The molecule has 7 heteroatoms. The van der Waals surface area contributed by atoms with Gasteiger partial charge in [0.2, 0.25) is 0 Å². The fraction of sp³-hybridized carbons (Fsp3) is 0.312. The number of fused-ring (bicyclic) bond motifs is 1. The lowest BCUT2D eigenvalue weighted by molar-refractivity contribution is 0.0940. The summed E-state index contributed by atoms with van der Waals surface area (Å²) in [5.74, 6) is 2.81. The van der Waals surface area contributed by atoms with Gasteiger partial charge in [-0.05, 0) is 36.4 Å². The van der Waals surface area contributed by atoms with E-state index in [-0.39, 0.29) is 11.9 Å². The first-order valence-corrected chi connectivity index (χ1v) is 8.73. The van der Waals surface area contributed by atoms with E-state index in [4.69, 9.17) is 0 Å². The Morgan fingerprint density at radius 3 is 3.00 bits per heavy atom. The molecular formula is C16H17N5OS. The third-order valence-corrected chi connectivity index (χ3v) is 5.26. The van der Waals surface area contributed by atoms with Crippen molar-refractivity contribution in [1.82, 2.24) is 24.5 Å². The maximum Gasteiger partial charge on any atom is 0.253 e. The van der Waals surface area contributed by atoms with Gasteiger partial charge in [-0.3, -0.25) is 9.20 Å². The van der Waals surface area contributed by atoms with Crippen LogP contribution in [0.5, 0.6) is 0 Å². The van der Waals surface area contributed by atoms with Gasteiger partial charge in [0.15, 0.2) is 11.5 Å². The molecule has 4 rings (SSSR count). The van der Waals surface area contributed by atoms with Crippen LogP contribution < -0.4 is 5.32 Å². The van der Waals surface area contributed by atoms with Gasteiger partial charge in [-0.15, -0.1) is 10.2 Å². The van der Waals surface area contributed by atoms with Crippen LogP contribution in [0.3, 0.4) is 0 Å². The molecule has 3 aromatic rings. The van der Waals surface area contributed by atoms with E-state index in [1.807, 2.05) is 58.4 Å². The van der Waals surface area contributed by atoms with Gasteiger partial charge in [-0.1, -0.05) is 0 Å². The molecular weight excluding hydrogens is 310 g/mol. The number of amides is 1. The number of nitrogens with one attached hydrogen (secondary N) is 1. The highest BCUT2D eigenvalue weighted by Gasteiger charge is 2.19. The summed E-state index contributed by atoms with van der Waals surface area (Å²) in [6.07, 6.45) is 4.82. The Morgan fingerprint density at radius 1 is 1.35 bits per heavy atom. The van der Waals surface area contributed by atoms with E-state index in [0.717, 1.165) is 35.1 Å². The molecule has 1 N–H and O–H groups in total. The molecule has 118 valence electrons. The quantitative estimate of drug-likeness (QED) is 0.799. The zero-order valence-corrected chi connectivity index (χ0v) is 13.6. The molecule has 4 heterocycles. The van der Waals surface area contributed by atoms with Crippen LogP contribution in [-0.4, -0.2) is 42.6 Å². The van der Waals surface area contributed by atoms with Gasteiger partial charge in [0.1, 0.15) is 0 Å². The van der Waals surface area contributed by atoms with E-state index in [2.05, 4.69) is 15.5 Å². The van der Waals surface area contributed by atoms with Crippen LogP contribution in [0.25, 0.3) is 17.2 Å². The van der Waals surface area contributed by atoms with E-state index >= 15 is 0 Å². The second kappa shape index (κ2) is 5.73. The number of aryl methyl sites for hydroxylation is 1. The van der Waals surface area contributed by atoms with Gasteiger partial charge in [-0.25, -0.2) is 0 Å². The van der Waals surface area contributed by atoms with E-state index < -0.39 is 0 Å². The Balaban J connectivity index is 1.69. The average Bonchev–Trinajstić information content (AvgIpc) is 3.27. The first kappa shape index (κ1) is 14.3. The van der Waals surface area contributed by atoms with E-state index in [0.29, 0.717) is 5.56 Å². The van der Waals surface area contributed by atoms with Crippen molar-refractivity contribution in [3.05, 3.63) is 42.2 Å². The molecule has 3 aromatic heterocycles. The van der Waals surface area contributed by atoms with Gasteiger partial charge in [0, 0.05) is 31.2 Å². The van der Waals surface area contributed by atoms with Gasteiger partial charge < -0.3 is 9.88 Å². The van der Waals surface area contributed by atoms with Crippen molar-refractivity contribution in [3.8, 4) is 11.5 Å². The largest absolute Gasteiger partial charge is 0.348 e. The summed E-state index contributed by atoms with van der Waals surface area (Å²) >= 11 is 1.88. The predicted molar refractivity (Wildman–Crippen MR) is 90.6 cm³/mol. The van der Waals surface area contributed by atoms with Gasteiger partial charge in [0.25, 0.3) is 5.91 Å². The standard InChI is InChI=1S/C16H17N5OS/c1-20-7-2-3-13(20)15-19-18-14-5-4-11(9-21(14)15)16(22)17-12-6-8-23-10-12/h2-5,7,9,12H,6,8,10H2,1H3,(H,17,22). The summed E-state index contributed by atoms with van der Waals surface area (Å²) in [4.78, 5) is 12.5. The smallest absolute Gasteiger partial charge is 0.253 e. The van der Waals surface area contributed by atoms with Crippen molar-refractivity contribution < 1.29 is 4.79 Å². The molecule has 1 atom stereocenters. The lowest BCUT2D eigenvalue weighted by atomic mass is 10.2. The topological polar surface area (TPSA) is 64.2 Å². The molecule has 23 heavy (non-hydrogen) atoms. The SMILES string of the molecule is Cn1cccc1-c1nnc2ccc(C(=O)NC3CCSC3)cn12. The van der Waals surface area contributed by atoms with Crippen LogP contribution >= 0.6 is 11.8 Å². The molecule has 0 radical (unpaired) electrons. The van der Waals surface area contributed by atoms with Crippen LogP contribution in [0, 0.1) is 0 Å². The predicted octanol–water partition coefficient (Wildman–Crippen LogP) is 1.97. The lowest BCUT2D eigenvalue weighted by Crippen LogP contribution is -2.34. The molecule has 0 saturated carbocycles. The molecule has 1 aliphatic rings. The Kier molecular flexibility index (Phi) is 3.57. The highest BCUT2D eigenvalue weighted by atomic mass is 32.2. The highest BCUT2D eigenvalue weighted by molar-refractivity contribution is 7.99. The fourth-order valence-corrected chi connectivity index (χ4v) is 3.96.